The van der Waals surface area contributed by atoms with Crippen LogP contribution in [0.1, 0.15) is 34.1 Å². The van der Waals surface area contributed by atoms with E-state index >= 15 is 0 Å². The first-order valence-corrected chi connectivity index (χ1v) is 6.86. The zero-order valence-corrected chi connectivity index (χ0v) is 12.4. The Labute approximate surface area is 111 Å². The lowest BCUT2D eigenvalue weighted by molar-refractivity contribution is -0.126. The molecule has 0 aromatic carbocycles. The van der Waals surface area contributed by atoms with Gasteiger partial charge in [0.1, 0.15) is 0 Å². The maximum Gasteiger partial charge on any atom is 0.238 e. The van der Waals surface area contributed by atoms with Crippen LogP contribution in [-0.4, -0.2) is 60.6 Å². The molecule has 0 radical (unpaired) electrons. The summed E-state index contributed by atoms with van der Waals surface area (Å²) in [5, 5.41) is 5.21. The monoisotopic (exact) mass is 256 g/mol. The molecule has 0 spiro atoms. The molecule has 0 aromatic rings. The minimum atomic E-state index is -0.181. The molecule has 2 N–H and O–H groups in total. The summed E-state index contributed by atoms with van der Waals surface area (Å²) >= 11 is 0. The number of carbonyl (C=O) groups is 1. The number of rotatable bonds is 5. The summed E-state index contributed by atoms with van der Waals surface area (Å²) in [6, 6.07) is -0.181. The lowest BCUT2D eigenvalue weighted by atomic mass is 10.0. The Morgan fingerprint density at radius 2 is 1.83 bits per heavy atom. The fourth-order valence-corrected chi connectivity index (χ4v) is 1.80. The molecule has 1 fully saturated rings. The van der Waals surface area contributed by atoms with Crippen LogP contribution >= 0.6 is 0 Å². The standard InChI is InChI=1S/C13H28N4O/c1-6-13(3,4)14-12(18)11(2)15-17-9-7-16(5)8-10-17/h11,15H,6-10H2,1-5H3,(H,14,18). The molecule has 0 aliphatic carbocycles. The first-order chi connectivity index (χ1) is 8.34. The molecule has 1 amide bonds. The summed E-state index contributed by atoms with van der Waals surface area (Å²) < 4.78 is 0. The Bertz CT molecular complexity index is 272. The van der Waals surface area contributed by atoms with E-state index in [4.69, 9.17) is 0 Å². The molecular weight excluding hydrogens is 228 g/mol. The zero-order chi connectivity index (χ0) is 13.8. The molecule has 5 nitrogen and oxygen atoms in total. The molecule has 5 heteroatoms. The fraction of sp³-hybridized carbons (Fsp3) is 0.923. The predicted molar refractivity (Wildman–Crippen MR) is 74.2 cm³/mol. The van der Waals surface area contributed by atoms with Crippen molar-refractivity contribution in [1.29, 1.82) is 0 Å². The van der Waals surface area contributed by atoms with E-state index in [0.29, 0.717) is 0 Å². The van der Waals surface area contributed by atoms with Crippen molar-refractivity contribution in [2.24, 2.45) is 0 Å². The van der Waals surface area contributed by atoms with Gasteiger partial charge in [-0.2, -0.15) is 0 Å². The lowest BCUT2D eigenvalue weighted by Crippen LogP contribution is -2.58. The van der Waals surface area contributed by atoms with Crippen LogP contribution in [0.2, 0.25) is 0 Å². The van der Waals surface area contributed by atoms with Crippen molar-refractivity contribution in [2.75, 3.05) is 33.2 Å². The van der Waals surface area contributed by atoms with Crippen molar-refractivity contribution in [3.05, 3.63) is 0 Å². The van der Waals surface area contributed by atoms with Crippen LogP contribution in [0.3, 0.4) is 0 Å². The van der Waals surface area contributed by atoms with E-state index in [1.807, 2.05) is 20.8 Å². The van der Waals surface area contributed by atoms with Gasteiger partial charge in [-0.25, -0.2) is 10.4 Å². The normalized spacial score (nSPS) is 20.7. The maximum atomic E-state index is 12.0. The van der Waals surface area contributed by atoms with Crippen molar-refractivity contribution >= 4 is 5.91 Å². The minimum Gasteiger partial charge on any atom is -0.350 e. The number of piperazine rings is 1. The van der Waals surface area contributed by atoms with Crippen molar-refractivity contribution < 1.29 is 4.79 Å². The Morgan fingerprint density at radius 3 is 2.33 bits per heavy atom. The van der Waals surface area contributed by atoms with Gasteiger partial charge >= 0.3 is 0 Å². The highest BCUT2D eigenvalue weighted by atomic mass is 16.2. The molecule has 0 aromatic heterocycles. The van der Waals surface area contributed by atoms with E-state index in [0.717, 1.165) is 32.6 Å². The number of nitrogens with one attached hydrogen (secondary N) is 2. The Kier molecular flexibility index (Phi) is 5.56. The zero-order valence-electron chi connectivity index (χ0n) is 12.4. The summed E-state index contributed by atoms with van der Waals surface area (Å²) in [4.78, 5) is 14.3. The fourth-order valence-electron chi connectivity index (χ4n) is 1.80. The summed E-state index contributed by atoms with van der Waals surface area (Å²) in [5.74, 6) is 0.0702. The predicted octanol–water partition coefficient (Wildman–Crippen LogP) is 0.432. The number of hydrogen-bond donors (Lipinski definition) is 2. The Balaban J connectivity index is 2.36. The molecule has 1 rings (SSSR count). The van der Waals surface area contributed by atoms with Gasteiger partial charge in [0.05, 0.1) is 6.04 Å². The number of carbonyl (C=O) groups excluding carboxylic acids is 1. The van der Waals surface area contributed by atoms with Crippen LogP contribution in [0.25, 0.3) is 0 Å². The maximum absolute atomic E-state index is 12.0. The van der Waals surface area contributed by atoms with E-state index in [1.165, 1.54) is 0 Å². The average molecular weight is 256 g/mol. The van der Waals surface area contributed by atoms with Crippen molar-refractivity contribution in [1.82, 2.24) is 20.7 Å². The van der Waals surface area contributed by atoms with E-state index in [9.17, 15) is 4.79 Å². The largest absolute Gasteiger partial charge is 0.350 e. The molecule has 1 saturated heterocycles. The smallest absolute Gasteiger partial charge is 0.238 e. The van der Waals surface area contributed by atoms with Gasteiger partial charge in [0.2, 0.25) is 5.91 Å². The second kappa shape index (κ2) is 6.50. The molecule has 106 valence electrons. The van der Waals surface area contributed by atoms with Crippen LogP contribution < -0.4 is 10.7 Å². The number of nitrogens with zero attached hydrogens (tertiary/aromatic N) is 2. The number of hydrogen-bond acceptors (Lipinski definition) is 4. The van der Waals surface area contributed by atoms with E-state index in [-0.39, 0.29) is 17.5 Å². The van der Waals surface area contributed by atoms with E-state index in [1.54, 1.807) is 0 Å². The second-order valence-electron chi connectivity index (χ2n) is 5.87. The van der Waals surface area contributed by atoms with E-state index in [2.05, 4.69) is 34.6 Å². The molecule has 1 aliphatic heterocycles. The molecule has 1 atom stereocenters. The molecule has 18 heavy (non-hydrogen) atoms. The number of hydrazine groups is 1. The van der Waals surface area contributed by atoms with E-state index < -0.39 is 0 Å². The lowest BCUT2D eigenvalue weighted by Gasteiger charge is -2.35. The number of likely N-dealkylation sites (N-methyl/N-ethyl adjacent to an activating group) is 1. The molecule has 0 saturated carbocycles. The third kappa shape index (κ3) is 4.92. The average Bonchev–Trinajstić information content (AvgIpc) is 2.31. The van der Waals surface area contributed by atoms with Crippen molar-refractivity contribution in [3.8, 4) is 0 Å². The van der Waals surface area contributed by atoms with Gasteiger partial charge in [-0.05, 0) is 34.2 Å². The van der Waals surface area contributed by atoms with Crippen LogP contribution in [0.5, 0.6) is 0 Å². The molecule has 1 aliphatic rings. The van der Waals surface area contributed by atoms with Gasteiger partial charge in [0.25, 0.3) is 0 Å². The Morgan fingerprint density at radius 1 is 1.28 bits per heavy atom. The summed E-state index contributed by atoms with van der Waals surface area (Å²) in [6.07, 6.45) is 0.931. The highest BCUT2D eigenvalue weighted by Crippen LogP contribution is 2.07. The molecular formula is C13H28N4O. The Hall–Kier alpha value is -0.650. The van der Waals surface area contributed by atoms with Crippen molar-refractivity contribution in [3.63, 3.8) is 0 Å². The molecule has 1 heterocycles. The van der Waals surface area contributed by atoms with Crippen LogP contribution in [0.4, 0.5) is 0 Å². The summed E-state index contributed by atoms with van der Waals surface area (Å²) in [6.45, 7) is 12.1. The van der Waals surface area contributed by atoms with Crippen LogP contribution in [-0.2, 0) is 4.79 Å². The van der Waals surface area contributed by atoms with Gasteiger partial charge in [0, 0.05) is 31.7 Å². The third-order valence-corrected chi connectivity index (χ3v) is 3.62. The highest BCUT2D eigenvalue weighted by molar-refractivity contribution is 5.81. The van der Waals surface area contributed by atoms with Crippen molar-refractivity contribution in [2.45, 2.75) is 45.7 Å². The topological polar surface area (TPSA) is 47.6 Å². The van der Waals surface area contributed by atoms with Gasteiger partial charge in [0.15, 0.2) is 0 Å². The quantitative estimate of drug-likeness (QED) is 0.749. The first kappa shape index (κ1) is 15.4. The number of amides is 1. The van der Waals surface area contributed by atoms with Gasteiger partial charge in [-0.1, -0.05) is 6.92 Å². The molecule has 0 bridgehead atoms. The second-order valence-corrected chi connectivity index (χ2v) is 5.87. The molecule has 1 unspecified atom stereocenters. The van der Waals surface area contributed by atoms with Crippen LogP contribution in [0, 0.1) is 0 Å². The summed E-state index contributed by atoms with van der Waals surface area (Å²) in [7, 11) is 2.12. The third-order valence-electron chi connectivity index (χ3n) is 3.62. The van der Waals surface area contributed by atoms with Crippen LogP contribution in [0.15, 0.2) is 0 Å². The minimum absolute atomic E-state index is 0.0702. The SMILES string of the molecule is CCC(C)(C)NC(=O)C(C)NN1CCN(C)CC1. The van der Waals surface area contributed by atoms with Gasteiger partial charge in [-0.15, -0.1) is 0 Å². The first-order valence-electron chi connectivity index (χ1n) is 6.86. The highest BCUT2D eigenvalue weighted by Gasteiger charge is 2.23. The summed E-state index contributed by atoms with van der Waals surface area (Å²) in [5.41, 5.74) is 3.15. The van der Waals surface area contributed by atoms with Gasteiger partial charge < -0.3 is 10.2 Å². The van der Waals surface area contributed by atoms with Gasteiger partial charge in [-0.3, -0.25) is 4.79 Å².